The van der Waals surface area contributed by atoms with Crippen LogP contribution in [0, 0.1) is 0 Å². The molecular formula is C10H15NO3. The van der Waals surface area contributed by atoms with Crippen LogP contribution in [-0.4, -0.2) is 23.9 Å². The van der Waals surface area contributed by atoms with Gasteiger partial charge in [0, 0.05) is 0 Å². The first kappa shape index (κ1) is 10.8. The minimum absolute atomic E-state index is 0.0309. The van der Waals surface area contributed by atoms with E-state index in [2.05, 4.69) is 0 Å². The lowest BCUT2D eigenvalue weighted by atomic mass is 9.92. The zero-order chi connectivity index (χ0) is 10.8. The van der Waals surface area contributed by atoms with Gasteiger partial charge in [0.1, 0.15) is 11.5 Å². The first-order valence-corrected chi connectivity index (χ1v) is 4.29. The summed E-state index contributed by atoms with van der Waals surface area (Å²) >= 11 is 0. The standard InChI is InChI=1S/C10H15NO3/c1-10(11,6-12)9-7(13)4-3-5-8(9)14-2/h3-5,12-13H,6,11H2,1-2H3/t10-/m0/s1. The van der Waals surface area contributed by atoms with E-state index in [0.29, 0.717) is 11.3 Å². The largest absolute Gasteiger partial charge is 0.507 e. The Balaban J connectivity index is 3.30. The first-order chi connectivity index (χ1) is 6.53. The van der Waals surface area contributed by atoms with E-state index in [4.69, 9.17) is 15.6 Å². The summed E-state index contributed by atoms with van der Waals surface area (Å²) in [5.74, 6) is 0.507. The number of ether oxygens (including phenoxy) is 1. The molecule has 14 heavy (non-hydrogen) atoms. The van der Waals surface area contributed by atoms with Crippen LogP contribution in [0.5, 0.6) is 11.5 Å². The van der Waals surface area contributed by atoms with E-state index in [1.807, 2.05) is 0 Å². The molecule has 1 atom stereocenters. The third kappa shape index (κ3) is 1.81. The van der Waals surface area contributed by atoms with Crippen LogP contribution in [0.25, 0.3) is 0 Å². The van der Waals surface area contributed by atoms with Crippen molar-refractivity contribution in [2.24, 2.45) is 5.73 Å². The van der Waals surface area contributed by atoms with Gasteiger partial charge in [0.15, 0.2) is 0 Å². The van der Waals surface area contributed by atoms with Gasteiger partial charge in [-0.05, 0) is 19.1 Å². The number of nitrogens with two attached hydrogens (primary N) is 1. The molecule has 4 N–H and O–H groups in total. The highest BCUT2D eigenvalue weighted by Crippen LogP contribution is 2.34. The van der Waals surface area contributed by atoms with Crippen LogP contribution in [0.1, 0.15) is 12.5 Å². The molecule has 0 aromatic heterocycles. The lowest BCUT2D eigenvalue weighted by Crippen LogP contribution is -2.37. The monoisotopic (exact) mass is 197 g/mol. The molecule has 0 saturated carbocycles. The zero-order valence-corrected chi connectivity index (χ0v) is 8.32. The van der Waals surface area contributed by atoms with Gasteiger partial charge < -0.3 is 20.7 Å². The van der Waals surface area contributed by atoms with Crippen molar-refractivity contribution in [3.63, 3.8) is 0 Å². The number of aliphatic hydroxyl groups is 1. The average Bonchev–Trinajstić information content (AvgIpc) is 2.17. The van der Waals surface area contributed by atoms with E-state index in [1.165, 1.54) is 13.2 Å². The molecule has 0 aliphatic carbocycles. The normalized spacial score (nSPS) is 14.9. The van der Waals surface area contributed by atoms with Crippen molar-refractivity contribution in [2.45, 2.75) is 12.5 Å². The van der Waals surface area contributed by atoms with Crippen LogP contribution in [0.15, 0.2) is 18.2 Å². The van der Waals surface area contributed by atoms with Gasteiger partial charge >= 0.3 is 0 Å². The van der Waals surface area contributed by atoms with E-state index in [9.17, 15) is 5.11 Å². The van der Waals surface area contributed by atoms with E-state index >= 15 is 0 Å². The maximum absolute atomic E-state index is 9.62. The fourth-order valence-electron chi connectivity index (χ4n) is 1.34. The molecule has 78 valence electrons. The number of phenolic OH excluding ortho intramolecular Hbond substituents is 1. The smallest absolute Gasteiger partial charge is 0.127 e. The Morgan fingerprint density at radius 1 is 1.50 bits per heavy atom. The molecule has 0 saturated heterocycles. The maximum Gasteiger partial charge on any atom is 0.127 e. The van der Waals surface area contributed by atoms with E-state index in [-0.39, 0.29) is 12.4 Å². The fraction of sp³-hybridized carbons (Fsp3) is 0.400. The Morgan fingerprint density at radius 2 is 2.14 bits per heavy atom. The zero-order valence-electron chi connectivity index (χ0n) is 8.32. The minimum atomic E-state index is -1.00. The number of rotatable bonds is 3. The second-order valence-electron chi connectivity index (χ2n) is 3.43. The van der Waals surface area contributed by atoms with Crippen LogP contribution in [0.3, 0.4) is 0 Å². The molecule has 0 aliphatic rings. The number of benzene rings is 1. The molecule has 0 aliphatic heterocycles. The molecule has 1 rings (SSSR count). The van der Waals surface area contributed by atoms with Gasteiger partial charge in [0.25, 0.3) is 0 Å². The van der Waals surface area contributed by atoms with Gasteiger partial charge in [-0.1, -0.05) is 6.07 Å². The number of aliphatic hydroxyl groups excluding tert-OH is 1. The van der Waals surface area contributed by atoms with Gasteiger partial charge in [-0.3, -0.25) is 0 Å². The van der Waals surface area contributed by atoms with Crippen molar-refractivity contribution in [1.29, 1.82) is 0 Å². The van der Waals surface area contributed by atoms with Crippen LogP contribution < -0.4 is 10.5 Å². The molecule has 0 fully saturated rings. The van der Waals surface area contributed by atoms with Gasteiger partial charge in [0.05, 0.1) is 24.8 Å². The summed E-state index contributed by atoms with van der Waals surface area (Å²) in [5.41, 5.74) is 5.24. The van der Waals surface area contributed by atoms with Crippen molar-refractivity contribution < 1.29 is 14.9 Å². The number of aromatic hydroxyl groups is 1. The molecule has 4 heteroatoms. The predicted octanol–water partition coefficient (Wildman–Crippen LogP) is 0.567. The maximum atomic E-state index is 9.62. The second-order valence-corrected chi connectivity index (χ2v) is 3.43. The second kappa shape index (κ2) is 3.86. The predicted molar refractivity (Wildman–Crippen MR) is 53.3 cm³/mol. The van der Waals surface area contributed by atoms with Gasteiger partial charge in [-0.15, -0.1) is 0 Å². The van der Waals surface area contributed by atoms with Crippen LogP contribution in [0.2, 0.25) is 0 Å². The fourth-order valence-corrected chi connectivity index (χ4v) is 1.34. The molecular weight excluding hydrogens is 182 g/mol. The van der Waals surface area contributed by atoms with Crippen molar-refractivity contribution in [3.8, 4) is 11.5 Å². The lowest BCUT2D eigenvalue weighted by Gasteiger charge is -2.25. The van der Waals surface area contributed by atoms with Gasteiger partial charge in [-0.25, -0.2) is 0 Å². The highest BCUT2D eigenvalue weighted by atomic mass is 16.5. The highest BCUT2D eigenvalue weighted by molar-refractivity contribution is 5.48. The number of phenols is 1. The molecule has 0 amide bonds. The molecule has 0 spiro atoms. The summed E-state index contributed by atoms with van der Waals surface area (Å²) in [4.78, 5) is 0. The van der Waals surface area contributed by atoms with Crippen molar-refractivity contribution >= 4 is 0 Å². The molecule has 0 bridgehead atoms. The highest BCUT2D eigenvalue weighted by Gasteiger charge is 2.27. The van der Waals surface area contributed by atoms with Crippen LogP contribution in [-0.2, 0) is 5.54 Å². The number of hydrogen-bond donors (Lipinski definition) is 3. The molecule has 0 unspecified atom stereocenters. The topological polar surface area (TPSA) is 75.7 Å². The summed E-state index contributed by atoms with van der Waals surface area (Å²) in [7, 11) is 1.49. The first-order valence-electron chi connectivity index (χ1n) is 4.29. The summed E-state index contributed by atoms with van der Waals surface area (Å²) in [6, 6.07) is 4.86. The van der Waals surface area contributed by atoms with Crippen molar-refractivity contribution in [1.82, 2.24) is 0 Å². The Bertz CT molecular complexity index is 323. The van der Waals surface area contributed by atoms with E-state index in [1.54, 1.807) is 19.1 Å². The molecule has 1 aromatic rings. The Labute approximate surface area is 82.9 Å². The third-order valence-electron chi connectivity index (χ3n) is 2.12. The molecule has 0 heterocycles. The quantitative estimate of drug-likeness (QED) is 0.662. The Hall–Kier alpha value is -1.26. The van der Waals surface area contributed by atoms with E-state index < -0.39 is 5.54 Å². The van der Waals surface area contributed by atoms with E-state index in [0.717, 1.165) is 0 Å². The third-order valence-corrected chi connectivity index (χ3v) is 2.12. The summed E-state index contributed by atoms with van der Waals surface area (Å²) in [6.07, 6.45) is 0. The Kier molecular flexibility index (Phi) is 2.98. The lowest BCUT2D eigenvalue weighted by molar-refractivity contribution is 0.203. The van der Waals surface area contributed by atoms with Crippen molar-refractivity contribution in [2.75, 3.05) is 13.7 Å². The Morgan fingerprint density at radius 3 is 2.64 bits per heavy atom. The summed E-state index contributed by atoms with van der Waals surface area (Å²) in [6.45, 7) is 1.37. The summed E-state index contributed by atoms with van der Waals surface area (Å²) in [5, 5.41) is 18.7. The number of methoxy groups -OCH3 is 1. The molecule has 4 nitrogen and oxygen atoms in total. The van der Waals surface area contributed by atoms with Gasteiger partial charge in [0.2, 0.25) is 0 Å². The van der Waals surface area contributed by atoms with Gasteiger partial charge in [-0.2, -0.15) is 0 Å². The van der Waals surface area contributed by atoms with Crippen LogP contribution >= 0.6 is 0 Å². The molecule has 0 radical (unpaired) electrons. The molecule has 1 aromatic carbocycles. The van der Waals surface area contributed by atoms with Crippen LogP contribution in [0.4, 0.5) is 0 Å². The average molecular weight is 197 g/mol. The minimum Gasteiger partial charge on any atom is -0.507 e. The SMILES string of the molecule is COc1cccc(O)c1[C@@](C)(N)CO. The van der Waals surface area contributed by atoms with Crippen molar-refractivity contribution in [3.05, 3.63) is 23.8 Å². The number of hydrogen-bond acceptors (Lipinski definition) is 4. The summed E-state index contributed by atoms with van der Waals surface area (Å²) < 4.78 is 5.06.